The molecule has 1 heterocycles. The lowest BCUT2D eigenvalue weighted by atomic mass is 10.1. The van der Waals surface area contributed by atoms with Gasteiger partial charge in [-0.25, -0.2) is 0 Å². The number of benzene rings is 2. The van der Waals surface area contributed by atoms with Crippen LogP contribution in [-0.2, 0) is 6.54 Å². The van der Waals surface area contributed by atoms with Gasteiger partial charge < -0.3 is 15.0 Å². The second-order valence-electron chi connectivity index (χ2n) is 6.34. The molecule has 0 saturated carbocycles. The summed E-state index contributed by atoms with van der Waals surface area (Å²) in [5, 5.41) is 3.19. The molecular formula is C22H20ClN3O3. The number of amides is 2. The Morgan fingerprint density at radius 2 is 1.90 bits per heavy atom. The average molecular weight is 410 g/mol. The van der Waals surface area contributed by atoms with Gasteiger partial charge in [0.25, 0.3) is 11.8 Å². The molecule has 2 aromatic carbocycles. The average Bonchev–Trinajstić information content (AvgIpc) is 2.76. The first-order valence-electron chi connectivity index (χ1n) is 8.89. The van der Waals surface area contributed by atoms with Crippen molar-refractivity contribution >= 4 is 29.1 Å². The van der Waals surface area contributed by atoms with Gasteiger partial charge in [0, 0.05) is 25.4 Å². The Kier molecular flexibility index (Phi) is 6.46. The summed E-state index contributed by atoms with van der Waals surface area (Å²) < 4.78 is 5.18. The molecule has 0 aliphatic carbocycles. The van der Waals surface area contributed by atoms with Crippen LogP contribution in [0.15, 0.2) is 66.9 Å². The van der Waals surface area contributed by atoms with Gasteiger partial charge in [-0.05, 0) is 42.0 Å². The zero-order valence-electron chi connectivity index (χ0n) is 16.1. The molecule has 2 amide bonds. The number of ether oxygens (including phenoxy) is 1. The monoisotopic (exact) mass is 409 g/mol. The third kappa shape index (κ3) is 4.92. The highest BCUT2D eigenvalue weighted by molar-refractivity contribution is 6.34. The highest BCUT2D eigenvalue weighted by Crippen LogP contribution is 2.28. The minimum atomic E-state index is -0.373. The van der Waals surface area contributed by atoms with E-state index in [0.29, 0.717) is 27.6 Å². The number of para-hydroxylation sites is 1. The Bertz CT molecular complexity index is 1020. The molecule has 0 bridgehead atoms. The van der Waals surface area contributed by atoms with Crippen LogP contribution in [0.3, 0.4) is 0 Å². The standard InChI is InChI=1S/C22H20ClN3O3/c1-26(22(28)15-7-5-9-17(13-15)29-2)14-16-8-6-10-18(23)20(16)25-21(27)19-11-3-4-12-24-19/h3-13H,14H2,1-2H3,(H,25,27). The van der Waals surface area contributed by atoms with E-state index in [4.69, 9.17) is 16.3 Å². The number of rotatable bonds is 6. The number of nitrogens with zero attached hydrogens (tertiary/aromatic N) is 2. The van der Waals surface area contributed by atoms with Crippen LogP contribution in [0.1, 0.15) is 26.4 Å². The van der Waals surface area contributed by atoms with Crippen molar-refractivity contribution in [3.05, 3.63) is 88.7 Å². The van der Waals surface area contributed by atoms with Gasteiger partial charge in [0.2, 0.25) is 0 Å². The van der Waals surface area contributed by atoms with Crippen LogP contribution in [-0.4, -0.2) is 35.9 Å². The number of aromatic nitrogens is 1. The molecule has 3 aromatic rings. The van der Waals surface area contributed by atoms with Crippen molar-refractivity contribution in [1.82, 2.24) is 9.88 Å². The number of carbonyl (C=O) groups is 2. The van der Waals surface area contributed by atoms with Crippen molar-refractivity contribution in [3.8, 4) is 5.75 Å². The lowest BCUT2D eigenvalue weighted by Crippen LogP contribution is -2.27. The number of anilines is 1. The maximum atomic E-state index is 12.8. The van der Waals surface area contributed by atoms with E-state index in [2.05, 4.69) is 10.3 Å². The number of hydrogen-bond acceptors (Lipinski definition) is 4. The van der Waals surface area contributed by atoms with Gasteiger partial charge in [0.1, 0.15) is 11.4 Å². The van der Waals surface area contributed by atoms with Crippen molar-refractivity contribution in [2.45, 2.75) is 6.54 Å². The number of methoxy groups -OCH3 is 1. The van der Waals surface area contributed by atoms with Gasteiger partial charge in [0.05, 0.1) is 17.8 Å². The summed E-state index contributed by atoms with van der Waals surface area (Å²) in [6, 6.07) is 17.3. The van der Waals surface area contributed by atoms with Gasteiger partial charge in [-0.1, -0.05) is 35.9 Å². The molecule has 1 aromatic heterocycles. The van der Waals surface area contributed by atoms with E-state index in [-0.39, 0.29) is 24.1 Å². The Labute approximate surface area is 174 Å². The van der Waals surface area contributed by atoms with Crippen LogP contribution in [0.5, 0.6) is 5.75 Å². The van der Waals surface area contributed by atoms with Gasteiger partial charge in [0.15, 0.2) is 0 Å². The molecule has 3 rings (SSSR count). The summed E-state index contributed by atoms with van der Waals surface area (Å²) in [5.41, 5.74) is 1.95. The first-order chi connectivity index (χ1) is 14.0. The quantitative estimate of drug-likeness (QED) is 0.660. The molecule has 0 fully saturated rings. The Morgan fingerprint density at radius 1 is 1.10 bits per heavy atom. The SMILES string of the molecule is COc1cccc(C(=O)N(C)Cc2cccc(Cl)c2NC(=O)c2ccccn2)c1. The van der Waals surface area contributed by atoms with E-state index in [1.807, 2.05) is 6.07 Å². The summed E-state index contributed by atoms with van der Waals surface area (Å²) in [6.07, 6.45) is 1.54. The minimum absolute atomic E-state index is 0.175. The van der Waals surface area contributed by atoms with E-state index in [0.717, 1.165) is 0 Å². The predicted octanol–water partition coefficient (Wildman–Crippen LogP) is 4.27. The Balaban J connectivity index is 1.81. The van der Waals surface area contributed by atoms with Crippen LogP contribution in [0.25, 0.3) is 0 Å². The van der Waals surface area contributed by atoms with E-state index in [1.54, 1.807) is 79.9 Å². The Hall–Kier alpha value is -3.38. The minimum Gasteiger partial charge on any atom is -0.497 e. The lowest BCUT2D eigenvalue weighted by Gasteiger charge is -2.20. The van der Waals surface area contributed by atoms with Crippen molar-refractivity contribution in [2.75, 3.05) is 19.5 Å². The predicted molar refractivity (Wildman–Crippen MR) is 112 cm³/mol. The van der Waals surface area contributed by atoms with E-state index < -0.39 is 0 Å². The first-order valence-corrected chi connectivity index (χ1v) is 9.26. The fourth-order valence-corrected chi connectivity index (χ4v) is 3.06. The number of hydrogen-bond donors (Lipinski definition) is 1. The number of halogens is 1. The highest BCUT2D eigenvalue weighted by Gasteiger charge is 2.17. The molecule has 7 heteroatoms. The third-order valence-electron chi connectivity index (χ3n) is 4.31. The molecule has 0 spiro atoms. The number of nitrogens with one attached hydrogen (secondary N) is 1. The van der Waals surface area contributed by atoms with Crippen LogP contribution in [0.4, 0.5) is 5.69 Å². The summed E-state index contributed by atoms with van der Waals surface area (Å²) in [7, 11) is 3.24. The largest absolute Gasteiger partial charge is 0.497 e. The molecule has 148 valence electrons. The second-order valence-corrected chi connectivity index (χ2v) is 6.74. The van der Waals surface area contributed by atoms with Crippen molar-refractivity contribution in [2.24, 2.45) is 0 Å². The summed E-state index contributed by atoms with van der Waals surface area (Å²) in [5.74, 6) is 0.0583. The maximum Gasteiger partial charge on any atom is 0.274 e. The summed E-state index contributed by atoms with van der Waals surface area (Å²) in [4.78, 5) is 30.9. The number of carbonyl (C=O) groups excluding carboxylic acids is 2. The number of pyridine rings is 1. The normalized spacial score (nSPS) is 10.3. The molecule has 1 N–H and O–H groups in total. The maximum absolute atomic E-state index is 12.8. The first kappa shape index (κ1) is 20.4. The molecular weight excluding hydrogens is 390 g/mol. The van der Waals surface area contributed by atoms with Crippen LogP contribution in [0.2, 0.25) is 5.02 Å². The topological polar surface area (TPSA) is 71.5 Å². The lowest BCUT2D eigenvalue weighted by molar-refractivity contribution is 0.0785. The van der Waals surface area contributed by atoms with Crippen LogP contribution in [0, 0.1) is 0 Å². The molecule has 0 aliphatic heterocycles. The Morgan fingerprint density at radius 3 is 2.62 bits per heavy atom. The van der Waals surface area contributed by atoms with Gasteiger partial charge in [-0.3, -0.25) is 14.6 Å². The molecule has 0 aliphatic rings. The van der Waals surface area contributed by atoms with Crippen molar-refractivity contribution < 1.29 is 14.3 Å². The molecule has 0 radical (unpaired) electrons. The fourth-order valence-electron chi connectivity index (χ4n) is 2.82. The third-order valence-corrected chi connectivity index (χ3v) is 4.62. The smallest absolute Gasteiger partial charge is 0.274 e. The molecule has 29 heavy (non-hydrogen) atoms. The zero-order chi connectivity index (χ0) is 20.8. The van der Waals surface area contributed by atoms with Gasteiger partial charge in [-0.2, -0.15) is 0 Å². The van der Waals surface area contributed by atoms with Crippen molar-refractivity contribution in [3.63, 3.8) is 0 Å². The van der Waals surface area contributed by atoms with Gasteiger partial charge >= 0.3 is 0 Å². The zero-order valence-corrected chi connectivity index (χ0v) is 16.8. The summed E-state index contributed by atoms with van der Waals surface area (Å²) in [6.45, 7) is 0.258. The van der Waals surface area contributed by atoms with E-state index in [9.17, 15) is 9.59 Å². The highest BCUT2D eigenvalue weighted by atomic mass is 35.5. The van der Waals surface area contributed by atoms with Crippen LogP contribution >= 0.6 is 11.6 Å². The van der Waals surface area contributed by atoms with E-state index >= 15 is 0 Å². The van der Waals surface area contributed by atoms with E-state index in [1.165, 1.54) is 0 Å². The molecule has 0 unspecified atom stereocenters. The molecule has 0 atom stereocenters. The summed E-state index contributed by atoms with van der Waals surface area (Å²) >= 11 is 6.33. The molecule has 6 nitrogen and oxygen atoms in total. The second kappa shape index (κ2) is 9.21. The fraction of sp³-hybridized carbons (Fsp3) is 0.136. The van der Waals surface area contributed by atoms with Gasteiger partial charge in [-0.15, -0.1) is 0 Å². The van der Waals surface area contributed by atoms with Crippen molar-refractivity contribution in [1.29, 1.82) is 0 Å². The van der Waals surface area contributed by atoms with Crippen LogP contribution < -0.4 is 10.1 Å². The molecule has 0 saturated heterocycles.